The second-order valence-electron chi connectivity index (χ2n) is 8.26. The Kier molecular flexibility index (Phi) is 2.90. The molecule has 0 bridgehead atoms. The molecular weight excluding hydrogens is 316 g/mol. The molecule has 0 aromatic heterocycles. The SMILES string of the molecule is CC(=O)c1ccc2c(c1)CCC1C2C2OC2C2(O)CC=CC(=O)C12C. The average molecular weight is 338 g/mol. The van der Waals surface area contributed by atoms with Gasteiger partial charge in [-0.2, -0.15) is 0 Å². The van der Waals surface area contributed by atoms with Crippen LogP contribution in [0.25, 0.3) is 0 Å². The van der Waals surface area contributed by atoms with E-state index in [2.05, 4.69) is 0 Å². The van der Waals surface area contributed by atoms with E-state index < -0.39 is 11.0 Å². The van der Waals surface area contributed by atoms with Gasteiger partial charge in [-0.05, 0) is 62.3 Å². The fourth-order valence-electron chi connectivity index (χ4n) is 5.77. The van der Waals surface area contributed by atoms with Gasteiger partial charge in [0, 0.05) is 11.5 Å². The van der Waals surface area contributed by atoms with E-state index in [-0.39, 0.29) is 35.6 Å². The number of carbonyl (C=O) groups is 2. The molecule has 0 spiro atoms. The average Bonchev–Trinajstić information content (AvgIpc) is 3.38. The minimum absolute atomic E-state index is 0.0222. The standard InChI is InChI=1S/C21H22O4/c1-11(22)12-5-7-14-13(10-12)6-8-15-17(14)18-19(25-18)21(24)9-3-4-16(23)20(15,21)2/h3-5,7,10,15,17-19,24H,6,8-9H2,1-2H3. The van der Waals surface area contributed by atoms with Crippen molar-refractivity contribution in [2.24, 2.45) is 11.3 Å². The van der Waals surface area contributed by atoms with Crippen molar-refractivity contribution in [3.05, 3.63) is 47.0 Å². The van der Waals surface area contributed by atoms with E-state index in [1.807, 2.05) is 25.1 Å². The first-order valence-corrected chi connectivity index (χ1v) is 9.10. The topological polar surface area (TPSA) is 66.9 Å². The molecule has 6 atom stereocenters. The number of hydrogen-bond donors (Lipinski definition) is 1. The third kappa shape index (κ3) is 1.74. The number of aryl methyl sites for hydroxylation is 1. The molecule has 1 saturated carbocycles. The summed E-state index contributed by atoms with van der Waals surface area (Å²) in [7, 11) is 0. The largest absolute Gasteiger partial charge is 0.386 e. The van der Waals surface area contributed by atoms with Crippen molar-refractivity contribution in [2.75, 3.05) is 0 Å². The molecule has 3 aliphatic carbocycles. The number of rotatable bonds is 1. The number of benzene rings is 1. The maximum atomic E-state index is 12.9. The molecule has 130 valence electrons. The Labute approximate surface area is 146 Å². The highest BCUT2D eigenvalue weighted by Gasteiger charge is 2.74. The van der Waals surface area contributed by atoms with E-state index in [9.17, 15) is 14.7 Å². The van der Waals surface area contributed by atoms with E-state index in [0.29, 0.717) is 6.42 Å². The molecule has 25 heavy (non-hydrogen) atoms. The summed E-state index contributed by atoms with van der Waals surface area (Å²) < 4.78 is 5.96. The molecule has 4 heteroatoms. The van der Waals surface area contributed by atoms with Crippen LogP contribution in [0.5, 0.6) is 0 Å². The van der Waals surface area contributed by atoms with Crippen LogP contribution in [0.1, 0.15) is 54.1 Å². The highest BCUT2D eigenvalue weighted by Crippen LogP contribution is 2.66. The van der Waals surface area contributed by atoms with E-state index >= 15 is 0 Å². The van der Waals surface area contributed by atoms with Crippen LogP contribution in [0.4, 0.5) is 0 Å². The molecule has 1 saturated heterocycles. The molecule has 1 heterocycles. The highest BCUT2D eigenvalue weighted by atomic mass is 16.6. The Balaban J connectivity index is 1.64. The first-order chi connectivity index (χ1) is 11.9. The van der Waals surface area contributed by atoms with E-state index in [4.69, 9.17) is 4.74 Å². The van der Waals surface area contributed by atoms with Crippen LogP contribution in [-0.4, -0.2) is 34.5 Å². The van der Waals surface area contributed by atoms with Gasteiger partial charge in [-0.15, -0.1) is 0 Å². The zero-order valence-electron chi connectivity index (χ0n) is 14.5. The van der Waals surface area contributed by atoms with Crippen LogP contribution < -0.4 is 0 Å². The van der Waals surface area contributed by atoms with E-state index in [1.54, 1.807) is 19.1 Å². The summed E-state index contributed by atoms with van der Waals surface area (Å²) in [5, 5.41) is 11.4. The molecule has 4 nitrogen and oxygen atoms in total. The van der Waals surface area contributed by atoms with Crippen LogP contribution in [0.15, 0.2) is 30.4 Å². The molecule has 0 radical (unpaired) electrons. The lowest BCUT2D eigenvalue weighted by Gasteiger charge is -2.55. The first kappa shape index (κ1) is 15.5. The molecule has 4 aliphatic rings. The number of ether oxygens (including phenoxy) is 1. The van der Waals surface area contributed by atoms with Crippen LogP contribution >= 0.6 is 0 Å². The van der Waals surface area contributed by atoms with Gasteiger partial charge in [0.15, 0.2) is 11.6 Å². The summed E-state index contributed by atoms with van der Waals surface area (Å²) in [5.74, 6) is 0.280. The number of fused-ring (bicyclic) bond motifs is 8. The van der Waals surface area contributed by atoms with Crippen LogP contribution in [0.2, 0.25) is 0 Å². The van der Waals surface area contributed by atoms with Crippen LogP contribution in [0.3, 0.4) is 0 Å². The first-order valence-electron chi connectivity index (χ1n) is 9.10. The quantitative estimate of drug-likeness (QED) is 0.631. The summed E-state index contributed by atoms with van der Waals surface area (Å²) >= 11 is 0. The molecule has 6 unspecified atom stereocenters. The van der Waals surface area contributed by atoms with Gasteiger partial charge in [-0.1, -0.05) is 18.2 Å². The van der Waals surface area contributed by atoms with Gasteiger partial charge in [-0.25, -0.2) is 0 Å². The second kappa shape index (κ2) is 4.68. The Morgan fingerprint density at radius 3 is 2.92 bits per heavy atom. The number of epoxide rings is 1. The van der Waals surface area contributed by atoms with Crippen molar-refractivity contribution in [3.8, 4) is 0 Å². The Morgan fingerprint density at radius 1 is 1.36 bits per heavy atom. The lowest BCUT2D eigenvalue weighted by molar-refractivity contribution is -0.164. The Bertz CT molecular complexity index is 840. The number of hydrogen-bond acceptors (Lipinski definition) is 4. The molecule has 5 rings (SSSR count). The van der Waals surface area contributed by atoms with Gasteiger partial charge in [0.05, 0.1) is 11.5 Å². The van der Waals surface area contributed by atoms with Gasteiger partial charge in [-0.3, -0.25) is 9.59 Å². The minimum atomic E-state index is -1.10. The van der Waals surface area contributed by atoms with Gasteiger partial charge in [0.25, 0.3) is 0 Å². The van der Waals surface area contributed by atoms with Crippen molar-refractivity contribution in [2.45, 2.75) is 56.8 Å². The third-order valence-electron chi connectivity index (χ3n) is 7.27. The fourth-order valence-corrected chi connectivity index (χ4v) is 5.77. The highest BCUT2D eigenvalue weighted by molar-refractivity contribution is 5.97. The Morgan fingerprint density at radius 2 is 2.16 bits per heavy atom. The van der Waals surface area contributed by atoms with Crippen LogP contribution in [-0.2, 0) is 16.0 Å². The fraction of sp³-hybridized carbons (Fsp3) is 0.524. The normalized spacial score (nSPS) is 43.6. The van der Waals surface area contributed by atoms with Crippen LogP contribution in [0, 0.1) is 11.3 Å². The van der Waals surface area contributed by atoms with E-state index in [1.165, 1.54) is 11.1 Å². The van der Waals surface area contributed by atoms with Gasteiger partial charge >= 0.3 is 0 Å². The monoisotopic (exact) mass is 338 g/mol. The summed E-state index contributed by atoms with van der Waals surface area (Å²) in [5.41, 5.74) is 1.22. The predicted octanol–water partition coefficient (Wildman–Crippen LogP) is 2.58. The molecule has 1 N–H and O–H groups in total. The van der Waals surface area contributed by atoms with Crippen molar-refractivity contribution in [3.63, 3.8) is 0 Å². The molecular formula is C21H22O4. The zero-order valence-corrected chi connectivity index (χ0v) is 14.5. The van der Waals surface area contributed by atoms with Crippen molar-refractivity contribution in [1.82, 2.24) is 0 Å². The minimum Gasteiger partial charge on any atom is -0.386 e. The van der Waals surface area contributed by atoms with Gasteiger partial charge < -0.3 is 9.84 Å². The van der Waals surface area contributed by atoms with Crippen molar-refractivity contribution >= 4 is 11.6 Å². The summed E-state index contributed by atoms with van der Waals surface area (Å²) in [6.07, 6.45) is 5.29. The Hall–Kier alpha value is -1.78. The van der Waals surface area contributed by atoms with E-state index in [0.717, 1.165) is 18.4 Å². The number of aliphatic hydroxyl groups is 1. The molecule has 2 fully saturated rings. The zero-order chi connectivity index (χ0) is 17.6. The lowest BCUT2D eigenvalue weighted by atomic mass is 9.48. The molecule has 1 aliphatic heterocycles. The number of carbonyl (C=O) groups excluding carboxylic acids is 2. The number of ketones is 2. The van der Waals surface area contributed by atoms with Crippen molar-refractivity contribution in [1.29, 1.82) is 0 Å². The van der Waals surface area contributed by atoms with Crippen molar-refractivity contribution < 1.29 is 19.4 Å². The number of allylic oxidation sites excluding steroid dienone is 1. The summed E-state index contributed by atoms with van der Waals surface area (Å²) in [4.78, 5) is 24.6. The molecule has 1 aromatic rings. The summed E-state index contributed by atoms with van der Waals surface area (Å²) in [6.45, 7) is 3.52. The van der Waals surface area contributed by atoms with Gasteiger partial charge in [0.1, 0.15) is 11.7 Å². The maximum absolute atomic E-state index is 12.9. The third-order valence-corrected chi connectivity index (χ3v) is 7.27. The smallest absolute Gasteiger partial charge is 0.164 e. The second-order valence-corrected chi connectivity index (χ2v) is 8.26. The van der Waals surface area contributed by atoms with Gasteiger partial charge in [0.2, 0.25) is 0 Å². The lowest BCUT2D eigenvalue weighted by Crippen LogP contribution is -2.65. The predicted molar refractivity (Wildman–Crippen MR) is 91.5 cm³/mol. The maximum Gasteiger partial charge on any atom is 0.164 e. The summed E-state index contributed by atoms with van der Waals surface area (Å²) in [6, 6.07) is 5.92. The molecule has 0 amide bonds. The molecule has 1 aromatic carbocycles. The number of Topliss-reactive ketones (excluding diaryl/α,β-unsaturated/α-hetero) is 1.